The Hall–Kier alpha value is -1.46. The summed E-state index contributed by atoms with van der Waals surface area (Å²) in [5, 5.41) is 6.21. The first kappa shape index (κ1) is 12.6. The summed E-state index contributed by atoms with van der Waals surface area (Å²) in [6.45, 7) is 1.99. The minimum absolute atomic E-state index is 0.139. The highest BCUT2D eigenvalue weighted by Gasteiger charge is 2.15. The molecule has 4 nitrogen and oxygen atoms in total. The summed E-state index contributed by atoms with van der Waals surface area (Å²) in [5.41, 5.74) is 0.167. The van der Waals surface area contributed by atoms with E-state index in [0.717, 1.165) is 0 Å². The number of aromatic nitrogens is 2. The smallest absolute Gasteiger partial charge is 0.272 e. The zero-order valence-electron chi connectivity index (χ0n) is 9.28. The normalized spacial score (nSPS) is 11.1. The molecular formula is C10H15F2N3O. The Morgan fingerprint density at radius 2 is 2.12 bits per heavy atom. The van der Waals surface area contributed by atoms with Crippen molar-refractivity contribution in [3.05, 3.63) is 18.0 Å². The second-order valence-corrected chi connectivity index (χ2v) is 3.75. The molecule has 0 radical (unpaired) electrons. The number of hydrogen-bond donors (Lipinski definition) is 1. The molecule has 1 heterocycles. The van der Waals surface area contributed by atoms with E-state index in [1.54, 1.807) is 10.9 Å². The van der Waals surface area contributed by atoms with Crippen molar-refractivity contribution in [2.24, 2.45) is 0 Å². The van der Waals surface area contributed by atoms with Gasteiger partial charge in [-0.15, -0.1) is 0 Å². The van der Waals surface area contributed by atoms with Crippen molar-refractivity contribution >= 4 is 5.91 Å². The molecule has 0 spiro atoms. The minimum Gasteiger partial charge on any atom is -0.343 e. The Kier molecular flexibility index (Phi) is 4.39. The number of hydrogen-bond acceptors (Lipinski definition) is 2. The van der Waals surface area contributed by atoms with Gasteiger partial charge in [-0.3, -0.25) is 9.48 Å². The van der Waals surface area contributed by atoms with Crippen molar-refractivity contribution in [3.63, 3.8) is 0 Å². The third kappa shape index (κ3) is 3.01. The molecule has 0 aliphatic carbocycles. The molecule has 0 aromatic carbocycles. The van der Waals surface area contributed by atoms with Crippen molar-refractivity contribution in [2.45, 2.75) is 25.9 Å². The second kappa shape index (κ2) is 5.58. The highest BCUT2D eigenvalue weighted by molar-refractivity contribution is 5.92. The van der Waals surface area contributed by atoms with Gasteiger partial charge in [-0.25, -0.2) is 8.78 Å². The van der Waals surface area contributed by atoms with E-state index in [9.17, 15) is 13.6 Å². The molecule has 0 atom stereocenters. The van der Waals surface area contributed by atoms with Crippen LogP contribution in [0.15, 0.2) is 12.3 Å². The van der Waals surface area contributed by atoms with Crippen molar-refractivity contribution < 1.29 is 13.6 Å². The minimum atomic E-state index is -1.09. The van der Waals surface area contributed by atoms with Gasteiger partial charge < -0.3 is 5.32 Å². The maximum Gasteiger partial charge on any atom is 0.272 e. The molecule has 1 rings (SSSR count). The molecule has 0 aliphatic rings. The summed E-state index contributed by atoms with van der Waals surface area (Å²) >= 11 is 0. The predicted molar refractivity (Wildman–Crippen MR) is 55.8 cm³/mol. The van der Waals surface area contributed by atoms with Gasteiger partial charge in [0, 0.05) is 12.2 Å². The number of nitrogens with one attached hydrogen (secondary N) is 1. The fraction of sp³-hybridized carbons (Fsp3) is 0.600. The van der Waals surface area contributed by atoms with Crippen LogP contribution in [0.4, 0.5) is 8.78 Å². The molecule has 6 heteroatoms. The van der Waals surface area contributed by atoms with Crippen LogP contribution in [0.3, 0.4) is 0 Å². The molecular weight excluding hydrogens is 216 g/mol. The van der Waals surface area contributed by atoms with Crippen LogP contribution in [0, 0.1) is 0 Å². The van der Waals surface area contributed by atoms with Gasteiger partial charge in [0.05, 0.1) is 6.04 Å². The highest BCUT2D eigenvalue weighted by atomic mass is 19.1. The van der Waals surface area contributed by atoms with E-state index < -0.39 is 25.3 Å². The van der Waals surface area contributed by atoms with Crippen LogP contribution >= 0.6 is 0 Å². The maximum atomic E-state index is 12.2. The SMILES string of the molecule is CC(C)n1ccc(C(=O)NC(CF)CF)n1. The zero-order valence-corrected chi connectivity index (χ0v) is 9.28. The largest absolute Gasteiger partial charge is 0.343 e. The van der Waals surface area contributed by atoms with Gasteiger partial charge in [-0.1, -0.05) is 0 Å². The molecule has 0 fully saturated rings. The molecule has 1 amide bonds. The van der Waals surface area contributed by atoms with Crippen LogP contribution in [0.2, 0.25) is 0 Å². The quantitative estimate of drug-likeness (QED) is 0.834. The van der Waals surface area contributed by atoms with E-state index in [4.69, 9.17) is 0 Å². The molecule has 90 valence electrons. The van der Waals surface area contributed by atoms with Crippen LogP contribution in [0.5, 0.6) is 0 Å². The van der Waals surface area contributed by atoms with E-state index in [2.05, 4.69) is 10.4 Å². The zero-order chi connectivity index (χ0) is 12.1. The number of alkyl halides is 2. The lowest BCUT2D eigenvalue weighted by atomic mass is 10.3. The lowest BCUT2D eigenvalue weighted by molar-refractivity contribution is 0.0915. The molecule has 1 aromatic heterocycles. The summed E-state index contributed by atoms with van der Waals surface area (Å²) in [6, 6.07) is 0.569. The first-order valence-corrected chi connectivity index (χ1v) is 5.06. The van der Waals surface area contributed by atoms with Gasteiger partial charge in [-0.05, 0) is 19.9 Å². The first-order valence-electron chi connectivity index (χ1n) is 5.06. The Morgan fingerprint density at radius 1 is 1.50 bits per heavy atom. The summed E-state index contributed by atoms with van der Waals surface area (Å²) in [4.78, 5) is 11.5. The second-order valence-electron chi connectivity index (χ2n) is 3.75. The predicted octanol–water partition coefficient (Wildman–Crippen LogP) is 1.50. The lowest BCUT2D eigenvalue weighted by Gasteiger charge is -2.09. The standard InChI is InChI=1S/C10H15F2N3O/c1-7(2)15-4-3-9(14-15)10(16)13-8(5-11)6-12/h3-4,7-8H,5-6H2,1-2H3,(H,13,16). The van der Waals surface area contributed by atoms with E-state index in [0.29, 0.717) is 0 Å². The van der Waals surface area contributed by atoms with E-state index >= 15 is 0 Å². The van der Waals surface area contributed by atoms with Crippen LogP contribution in [-0.2, 0) is 0 Å². The van der Waals surface area contributed by atoms with Gasteiger partial charge in [0.25, 0.3) is 5.91 Å². The molecule has 1 N–H and O–H groups in total. The van der Waals surface area contributed by atoms with Gasteiger partial charge in [0.1, 0.15) is 19.0 Å². The lowest BCUT2D eigenvalue weighted by Crippen LogP contribution is -2.38. The Labute approximate surface area is 92.6 Å². The van der Waals surface area contributed by atoms with Gasteiger partial charge in [-0.2, -0.15) is 5.10 Å². The molecule has 0 bridgehead atoms. The monoisotopic (exact) mass is 231 g/mol. The van der Waals surface area contributed by atoms with Crippen LogP contribution in [-0.4, -0.2) is 35.1 Å². The number of nitrogens with zero attached hydrogens (tertiary/aromatic N) is 2. The highest BCUT2D eigenvalue weighted by Crippen LogP contribution is 2.04. The number of carbonyl (C=O) groups excluding carboxylic acids is 1. The molecule has 1 aromatic rings. The summed E-state index contributed by atoms with van der Waals surface area (Å²) in [7, 11) is 0. The Morgan fingerprint density at radius 3 is 2.56 bits per heavy atom. The summed E-state index contributed by atoms with van der Waals surface area (Å²) in [6.07, 6.45) is 1.65. The number of amides is 1. The number of halogens is 2. The van der Waals surface area contributed by atoms with Gasteiger partial charge >= 0.3 is 0 Å². The van der Waals surface area contributed by atoms with E-state index in [1.807, 2.05) is 13.8 Å². The Bertz CT molecular complexity index is 348. The van der Waals surface area contributed by atoms with Gasteiger partial charge in [0.15, 0.2) is 0 Å². The third-order valence-corrected chi connectivity index (χ3v) is 2.08. The van der Waals surface area contributed by atoms with E-state index in [1.165, 1.54) is 6.07 Å². The Balaban J connectivity index is 2.65. The van der Waals surface area contributed by atoms with Crippen molar-refractivity contribution in [1.82, 2.24) is 15.1 Å². The number of rotatable bonds is 5. The van der Waals surface area contributed by atoms with Crippen molar-refractivity contribution in [2.75, 3.05) is 13.3 Å². The molecule has 0 unspecified atom stereocenters. The molecule has 16 heavy (non-hydrogen) atoms. The maximum absolute atomic E-state index is 12.2. The van der Waals surface area contributed by atoms with Crippen LogP contribution in [0.25, 0.3) is 0 Å². The van der Waals surface area contributed by atoms with Crippen LogP contribution < -0.4 is 5.32 Å². The fourth-order valence-corrected chi connectivity index (χ4v) is 1.12. The first-order chi connectivity index (χ1) is 7.58. The average molecular weight is 231 g/mol. The summed E-state index contributed by atoms with van der Waals surface area (Å²) in [5.74, 6) is -0.556. The van der Waals surface area contributed by atoms with Gasteiger partial charge in [0.2, 0.25) is 0 Å². The summed E-state index contributed by atoms with van der Waals surface area (Å²) < 4.78 is 26.0. The fourth-order valence-electron chi connectivity index (χ4n) is 1.12. The molecule has 0 saturated carbocycles. The van der Waals surface area contributed by atoms with Crippen LogP contribution in [0.1, 0.15) is 30.4 Å². The number of carbonyl (C=O) groups is 1. The topological polar surface area (TPSA) is 46.9 Å². The average Bonchev–Trinajstić information content (AvgIpc) is 2.74. The van der Waals surface area contributed by atoms with Crippen molar-refractivity contribution in [1.29, 1.82) is 0 Å². The molecule has 0 aliphatic heterocycles. The van der Waals surface area contributed by atoms with Crippen molar-refractivity contribution in [3.8, 4) is 0 Å². The molecule has 0 saturated heterocycles. The van der Waals surface area contributed by atoms with E-state index in [-0.39, 0.29) is 11.7 Å². The third-order valence-electron chi connectivity index (χ3n) is 2.08.